The molecule has 0 aromatic heterocycles. The molecule has 0 nitrogen and oxygen atoms in total. The van der Waals surface area contributed by atoms with Crippen molar-refractivity contribution in [2.45, 2.75) is 10.6 Å². The van der Waals surface area contributed by atoms with Crippen LogP contribution in [0.3, 0.4) is 0 Å². The van der Waals surface area contributed by atoms with Crippen molar-refractivity contribution in [1.82, 2.24) is 0 Å². The van der Waals surface area contributed by atoms with Crippen molar-refractivity contribution in [1.29, 1.82) is 0 Å². The van der Waals surface area contributed by atoms with E-state index >= 15 is 0 Å². The molecule has 17 heavy (non-hydrogen) atoms. The molecule has 0 aliphatic heterocycles. The van der Waals surface area contributed by atoms with Gasteiger partial charge in [0.25, 0.3) is 0 Å². The van der Waals surface area contributed by atoms with Gasteiger partial charge in [-0.3, -0.25) is 0 Å². The molecule has 0 saturated carbocycles. The molecule has 0 unspecified atom stereocenters. The molecule has 2 aromatic rings. The van der Waals surface area contributed by atoms with E-state index in [-0.39, 0.29) is 0 Å². The van der Waals surface area contributed by atoms with Crippen LogP contribution in [0.5, 0.6) is 0 Å². The highest BCUT2D eigenvalue weighted by Crippen LogP contribution is 2.26. The van der Waals surface area contributed by atoms with Crippen LogP contribution >= 0.6 is 34.4 Å². The summed E-state index contributed by atoms with van der Waals surface area (Å²) in [6.07, 6.45) is 0. The lowest BCUT2D eigenvalue weighted by Crippen LogP contribution is -1.85. The molecular formula is C13H9F2IS. The number of benzene rings is 2. The van der Waals surface area contributed by atoms with Crippen LogP contribution in [0.1, 0.15) is 5.56 Å². The van der Waals surface area contributed by atoms with Crippen LogP contribution in [0, 0.1) is 15.2 Å². The number of hydrogen-bond acceptors (Lipinski definition) is 1. The maximum atomic E-state index is 13.4. The first kappa shape index (κ1) is 12.8. The van der Waals surface area contributed by atoms with Gasteiger partial charge in [0.05, 0.1) is 0 Å². The summed E-state index contributed by atoms with van der Waals surface area (Å²) in [7, 11) is 0. The molecule has 0 saturated heterocycles. The molecule has 0 fully saturated rings. The quantitative estimate of drug-likeness (QED) is 0.555. The molecule has 0 radical (unpaired) electrons. The molecule has 88 valence electrons. The van der Waals surface area contributed by atoms with Crippen LogP contribution in [0.2, 0.25) is 0 Å². The van der Waals surface area contributed by atoms with E-state index < -0.39 is 11.6 Å². The van der Waals surface area contributed by atoms with Gasteiger partial charge in [-0.2, -0.15) is 0 Å². The van der Waals surface area contributed by atoms with E-state index in [2.05, 4.69) is 22.6 Å². The molecule has 0 N–H and O–H groups in total. The van der Waals surface area contributed by atoms with Crippen molar-refractivity contribution in [3.05, 3.63) is 63.2 Å². The maximum absolute atomic E-state index is 13.4. The predicted octanol–water partition coefficient (Wildman–Crippen LogP) is 4.86. The Bertz CT molecular complexity index is 511. The second-order valence-corrected chi connectivity index (χ2v) is 5.75. The summed E-state index contributed by atoms with van der Waals surface area (Å²) in [6.45, 7) is 0. The summed E-state index contributed by atoms with van der Waals surface area (Å²) in [6, 6.07) is 11.7. The molecule has 2 rings (SSSR count). The topological polar surface area (TPSA) is 0 Å². The largest absolute Gasteiger partial charge is 0.207 e. The number of halogens is 3. The van der Waals surface area contributed by atoms with Gasteiger partial charge in [0.15, 0.2) is 0 Å². The monoisotopic (exact) mass is 362 g/mol. The maximum Gasteiger partial charge on any atom is 0.139 e. The third-order valence-electron chi connectivity index (χ3n) is 2.20. The van der Waals surface area contributed by atoms with Gasteiger partial charge in [0.2, 0.25) is 0 Å². The third-order valence-corrected chi connectivity index (χ3v) is 4.04. The summed E-state index contributed by atoms with van der Waals surface area (Å²) >= 11 is 3.61. The van der Waals surface area contributed by atoms with Gasteiger partial charge in [-0.25, -0.2) is 8.78 Å². The van der Waals surface area contributed by atoms with Gasteiger partial charge >= 0.3 is 0 Å². The summed E-state index contributed by atoms with van der Waals surface area (Å²) in [4.78, 5) is 0.477. The van der Waals surface area contributed by atoms with Crippen LogP contribution in [-0.2, 0) is 5.75 Å². The predicted molar refractivity (Wildman–Crippen MR) is 75.1 cm³/mol. The minimum Gasteiger partial charge on any atom is -0.207 e. The van der Waals surface area contributed by atoms with E-state index in [1.54, 1.807) is 0 Å². The third kappa shape index (κ3) is 3.67. The van der Waals surface area contributed by atoms with Gasteiger partial charge in [-0.1, -0.05) is 12.1 Å². The fourth-order valence-electron chi connectivity index (χ4n) is 1.33. The molecule has 0 aliphatic rings. The Morgan fingerprint density at radius 1 is 1.00 bits per heavy atom. The smallest absolute Gasteiger partial charge is 0.139 e. The summed E-state index contributed by atoms with van der Waals surface area (Å²) in [5, 5.41) is 0. The van der Waals surface area contributed by atoms with Gasteiger partial charge in [0, 0.05) is 20.3 Å². The van der Waals surface area contributed by atoms with Crippen LogP contribution < -0.4 is 0 Å². The molecule has 0 amide bonds. The van der Waals surface area contributed by atoms with E-state index in [4.69, 9.17) is 0 Å². The minimum absolute atomic E-state index is 0.477. The summed E-state index contributed by atoms with van der Waals surface area (Å²) in [5.41, 5.74) is 1.12. The van der Waals surface area contributed by atoms with Crippen molar-refractivity contribution in [3.8, 4) is 0 Å². The van der Waals surface area contributed by atoms with Crippen molar-refractivity contribution in [2.75, 3.05) is 0 Å². The number of rotatable bonds is 3. The fraction of sp³-hybridized carbons (Fsp3) is 0.0769. The second kappa shape index (κ2) is 5.82. The minimum atomic E-state index is -0.541. The van der Waals surface area contributed by atoms with Crippen molar-refractivity contribution >= 4 is 34.4 Å². The Labute approximate surface area is 117 Å². The van der Waals surface area contributed by atoms with Gasteiger partial charge in [-0.05, 0) is 52.4 Å². The van der Waals surface area contributed by atoms with Crippen molar-refractivity contribution in [3.63, 3.8) is 0 Å². The number of hydrogen-bond donors (Lipinski definition) is 0. The zero-order chi connectivity index (χ0) is 12.3. The van der Waals surface area contributed by atoms with Crippen LogP contribution in [-0.4, -0.2) is 0 Å². The highest BCUT2D eigenvalue weighted by Gasteiger charge is 2.04. The Balaban J connectivity index is 2.04. The van der Waals surface area contributed by atoms with Gasteiger partial charge in [0.1, 0.15) is 11.6 Å². The first-order valence-corrected chi connectivity index (χ1v) is 7.04. The molecule has 0 spiro atoms. The zero-order valence-corrected chi connectivity index (χ0v) is 11.8. The Morgan fingerprint density at radius 3 is 2.35 bits per heavy atom. The summed E-state index contributed by atoms with van der Waals surface area (Å²) < 4.78 is 27.2. The lowest BCUT2D eigenvalue weighted by Gasteiger charge is -2.03. The van der Waals surface area contributed by atoms with E-state index in [1.807, 2.05) is 24.3 Å². The van der Waals surface area contributed by atoms with Crippen molar-refractivity contribution < 1.29 is 8.78 Å². The zero-order valence-electron chi connectivity index (χ0n) is 8.79. The average Bonchev–Trinajstić information content (AvgIpc) is 2.30. The number of thioether (sulfide) groups is 1. The molecule has 0 aliphatic carbocycles. The molecular weight excluding hydrogens is 353 g/mol. The fourth-order valence-corrected chi connectivity index (χ4v) is 2.57. The molecule has 0 atom stereocenters. The van der Waals surface area contributed by atoms with E-state index in [1.165, 1.54) is 27.5 Å². The normalized spacial score (nSPS) is 10.5. The summed E-state index contributed by atoms with van der Waals surface area (Å²) in [5.74, 6) is -0.360. The van der Waals surface area contributed by atoms with Crippen LogP contribution in [0.15, 0.2) is 47.4 Å². The second-order valence-electron chi connectivity index (χ2n) is 3.49. The van der Waals surface area contributed by atoms with Crippen molar-refractivity contribution in [2.24, 2.45) is 0 Å². The van der Waals surface area contributed by atoms with Gasteiger partial charge in [-0.15, -0.1) is 11.8 Å². The Hall–Kier alpha value is -0.620. The standard InChI is InChI=1S/C13H9F2IS/c14-10-3-6-13(12(15)7-10)17-8-9-1-4-11(16)5-2-9/h1-7H,8H2. The van der Waals surface area contributed by atoms with E-state index in [0.29, 0.717) is 10.6 Å². The van der Waals surface area contributed by atoms with Crippen LogP contribution in [0.25, 0.3) is 0 Å². The highest BCUT2D eigenvalue weighted by molar-refractivity contribution is 14.1. The Morgan fingerprint density at radius 2 is 1.71 bits per heavy atom. The first-order valence-electron chi connectivity index (χ1n) is 4.97. The van der Waals surface area contributed by atoms with E-state index in [9.17, 15) is 8.78 Å². The first-order chi connectivity index (χ1) is 8.15. The SMILES string of the molecule is Fc1ccc(SCc2ccc(I)cc2)c(F)c1. The lowest BCUT2D eigenvalue weighted by atomic mass is 10.2. The molecule has 0 bridgehead atoms. The molecule has 4 heteroatoms. The average molecular weight is 362 g/mol. The molecule has 2 aromatic carbocycles. The van der Waals surface area contributed by atoms with E-state index in [0.717, 1.165) is 11.6 Å². The van der Waals surface area contributed by atoms with Crippen LogP contribution in [0.4, 0.5) is 8.78 Å². The van der Waals surface area contributed by atoms with Gasteiger partial charge < -0.3 is 0 Å². The Kier molecular flexibility index (Phi) is 4.39. The molecule has 0 heterocycles. The highest BCUT2D eigenvalue weighted by atomic mass is 127. The lowest BCUT2D eigenvalue weighted by molar-refractivity contribution is 0.565.